The van der Waals surface area contributed by atoms with E-state index in [0.29, 0.717) is 6.04 Å². The molecule has 0 aliphatic heterocycles. The van der Waals surface area contributed by atoms with Crippen LogP contribution in [-0.4, -0.2) is 22.6 Å². The molecule has 2 aromatic rings. The van der Waals surface area contributed by atoms with E-state index >= 15 is 0 Å². The molecule has 0 aliphatic rings. The molecule has 0 amide bonds. The summed E-state index contributed by atoms with van der Waals surface area (Å²) in [5.41, 5.74) is 2.33. The predicted molar refractivity (Wildman–Crippen MR) is 81.5 cm³/mol. The number of nitrogens with one attached hydrogen (secondary N) is 1. The number of rotatable bonds is 6. The van der Waals surface area contributed by atoms with Crippen LogP contribution in [0.5, 0.6) is 0 Å². The normalized spacial score (nSPS) is 13.3. The average Bonchev–Trinajstić information content (AvgIpc) is 2.70. The van der Waals surface area contributed by atoms with Gasteiger partial charge in [-0.15, -0.1) is 0 Å². The second-order valence-corrected chi connectivity index (χ2v) is 5.75. The van der Waals surface area contributed by atoms with E-state index in [1.165, 1.54) is 11.9 Å². The summed E-state index contributed by atoms with van der Waals surface area (Å²) in [6.45, 7) is 11.0. The molecule has 1 heterocycles. The minimum Gasteiger partial charge on any atom is -0.324 e. The zero-order valence-corrected chi connectivity index (χ0v) is 12.5. The molecule has 0 fully saturated rings. The van der Waals surface area contributed by atoms with Gasteiger partial charge in [0.05, 0.1) is 11.0 Å². The first kappa shape index (κ1) is 14.1. The highest BCUT2D eigenvalue weighted by atomic mass is 15.1. The van der Waals surface area contributed by atoms with Crippen LogP contribution in [0.1, 0.15) is 39.1 Å². The molecule has 1 atom stereocenters. The summed E-state index contributed by atoms with van der Waals surface area (Å²) >= 11 is 0. The molecule has 3 heteroatoms. The molecule has 0 saturated carbocycles. The van der Waals surface area contributed by atoms with Crippen molar-refractivity contribution in [3.05, 3.63) is 30.1 Å². The van der Waals surface area contributed by atoms with Crippen LogP contribution < -0.4 is 5.32 Å². The summed E-state index contributed by atoms with van der Waals surface area (Å²) in [5.74, 6) is 1.86. The van der Waals surface area contributed by atoms with E-state index < -0.39 is 0 Å². The zero-order chi connectivity index (χ0) is 13.8. The summed E-state index contributed by atoms with van der Waals surface area (Å²) in [7, 11) is 0. The second-order valence-electron chi connectivity index (χ2n) is 5.75. The van der Waals surface area contributed by atoms with Crippen molar-refractivity contribution in [2.45, 2.75) is 40.2 Å². The fraction of sp³-hybridized carbons (Fsp3) is 0.562. The molecule has 0 radical (unpaired) electrons. The van der Waals surface area contributed by atoms with Gasteiger partial charge in [-0.2, -0.15) is 0 Å². The Morgan fingerprint density at radius 3 is 2.68 bits per heavy atom. The van der Waals surface area contributed by atoms with Gasteiger partial charge >= 0.3 is 0 Å². The van der Waals surface area contributed by atoms with Crippen molar-refractivity contribution < 1.29 is 0 Å². The minimum absolute atomic E-state index is 0.430. The van der Waals surface area contributed by atoms with Gasteiger partial charge in [0.15, 0.2) is 0 Å². The Hall–Kier alpha value is -1.35. The van der Waals surface area contributed by atoms with Crippen LogP contribution in [-0.2, 0) is 0 Å². The lowest BCUT2D eigenvalue weighted by Crippen LogP contribution is -2.25. The van der Waals surface area contributed by atoms with Crippen molar-refractivity contribution in [2.75, 3.05) is 13.1 Å². The Labute approximate surface area is 116 Å². The van der Waals surface area contributed by atoms with Crippen LogP contribution in [0.15, 0.2) is 24.3 Å². The van der Waals surface area contributed by atoms with Crippen molar-refractivity contribution in [2.24, 2.45) is 5.92 Å². The number of fused-ring (bicyclic) bond motifs is 1. The Morgan fingerprint density at radius 2 is 1.95 bits per heavy atom. The molecule has 3 nitrogen and oxygen atoms in total. The standard InChI is InChI=1S/C16H25N3/c1-12(2)9-10-17-11-13(3)19-14(4)18-15-7-5-6-8-16(15)19/h5-8,12-13,17H,9-11H2,1-4H3. The number of nitrogens with zero attached hydrogens (tertiary/aromatic N) is 2. The van der Waals surface area contributed by atoms with Crippen LogP contribution >= 0.6 is 0 Å². The van der Waals surface area contributed by atoms with Crippen molar-refractivity contribution >= 4 is 11.0 Å². The molecule has 1 aromatic heterocycles. The maximum Gasteiger partial charge on any atom is 0.107 e. The highest BCUT2D eigenvalue weighted by Crippen LogP contribution is 2.20. The van der Waals surface area contributed by atoms with E-state index in [4.69, 9.17) is 0 Å². The number of hydrogen-bond acceptors (Lipinski definition) is 2. The van der Waals surface area contributed by atoms with E-state index in [9.17, 15) is 0 Å². The van der Waals surface area contributed by atoms with Gasteiger partial charge in [0.1, 0.15) is 5.82 Å². The molecule has 19 heavy (non-hydrogen) atoms. The molecule has 0 spiro atoms. The smallest absolute Gasteiger partial charge is 0.107 e. The fourth-order valence-electron chi connectivity index (χ4n) is 2.51. The Morgan fingerprint density at radius 1 is 1.21 bits per heavy atom. The maximum absolute atomic E-state index is 4.63. The Kier molecular flexibility index (Phi) is 4.59. The van der Waals surface area contributed by atoms with Crippen LogP contribution in [0.2, 0.25) is 0 Å². The summed E-state index contributed by atoms with van der Waals surface area (Å²) < 4.78 is 2.33. The highest BCUT2D eigenvalue weighted by molar-refractivity contribution is 5.76. The largest absolute Gasteiger partial charge is 0.324 e. The molecule has 0 aliphatic carbocycles. The first-order valence-corrected chi connectivity index (χ1v) is 7.24. The van der Waals surface area contributed by atoms with Crippen molar-refractivity contribution in [3.63, 3.8) is 0 Å². The van der Waals surface area contributed by atoms with Crippen LogP contribution in [0.3, 0.4) is 0 Å². The Balaban J connectivity index is 2.04. The maximum atomic E-state index is 4.63. The zero-order valence-electron chi connectivity index (χ0n) is 12.5. The van der Waals surface area contributed by atoms with Crippen LogP contribution in [0, 0.1) is 12.8 Å². The summed E-state index contributed by atoms with van der Waals surface area (Å²) in [4.78, 5) is 4.63. The molecule has 2 rings (SSSR count). The monoisotopic (exact) mass is 259 g/mol. The first-order valence-electron chi connectivity index (χ1n) is 7.24. The molecular weight excluding hydrogens is 234 g/mol. The highest BCUT2D eigenvalue weighted by Gasteiger charge is 2.12. The average molecular weight is 259 g/mol. The van der Waals surface area contributed by atoms with Crippen LogP contribution in [0.25, 0.3) is 11.0 Å². The third-order valence-electron chi connectivity index (χ3n) is 3.55. The third-order valence-corrected chi connectivity index (χ3v) is 3.55. The number of para-hydroxylation sites is 2. The summed E-state index contributed by atoms with van der Waals surface area (Å²) in [5, 5.41) is 3.55. The third kappa shape index (κ3) is 3.35. The van der Waals surface area contributed by atoms with E-state index in [2.05, 4.69) is 60.8 Å². The number of aryl methyl sites for hydroxylation is 1. The number of imidazole rings is 1. The molecule has 1 aromatic carbocycles. The molecular formula is C16H25N3. The number of aromatic nitrogens is 2. The lowest BCUT2D eigenvalue weighted by molar-refractivity contribution is 0.468. The van der Waals surface area contributed by atoms with Gasteiger partial charge < -0.3 is 9.88 Å². The lowest BCUT2D eigenvalue weighted by Gasteiger charge is -2.17. The fourth-order valence-corrected chi connectivity index (χ4v) is 2.51. The van der Waals surface area contributed by atoms with Gasteiger partial charge in [-0.05, 0) is 44.9 Å². The molecule has 0 saturated heterocycles. The van der Waals surface area contributed by atoms with Crippen molar-refractivity contribution in [3.8, 4) is 0 Å². The van der Waals surface area contributed by atoms with Gasteiger partial charge in [0.2, 0.25) is 0 Å². The van der Waals surface area contributed by atoms with Gasteiger partial charge in [-0.1, -0.05) is 26.0 Å². The lowest BCUT2D eigenvalue weighted by atomic mass is 10.1. The van der Waals surface area contributed by atoms with Gasteiger partial charge in [0.25, 0.3) is 0 Å². The molecule has 0 bridgehead atoms. The minimum atomic E-state index is 0.430. The van der Waals surface area contributed by atoms with E-state index in [-0.39, 0.29) is 0 Å². The summed E-state index contributed by atoms with van der Waals surface area (Å²) in [6, 6.07) is 8.79. The SMILES string of the molecule is Cc1nc2ccccc2n1C(C)CNCCC(C)C. The topological polar surface area (TPSA) is 29.9 Å². The Bertz CT molecular complexity index is 528. The number of hydrogen-bond donors (Lipinski definition) is 1. The van der Waals surface area contributed by atoms with E-state index in [0.717, 1.165) is 30.3 Å². The molecule has 104 valence electrons. The summed E-state index contributed by atoms with van der Waals surface area (Å²) in [6.07, 6.45) is 1.23. The molecule has 1 N–H and O–H groups in total. The predicted octanol–water partition coefficient (Wildman–Crippen LogP) is 3.54. The van der Waals surface area contributed by atoms with Gasteiger partial charge in [-0.25, -0.2) is 4.98 Å². The van der Waals surface area contributed by atoms with Crippen molar-refractivity contribution in [1.29, 1.82) is 0 Å². The molecule has 1 unspecified atom stereocenters. The quantitative estimate of drug-likeness (QED) is 0.804. The van der Waals surface area contributed by atoms with Crippen LogP contribution in [0.4, 0.5) is 0 Å². The first-order chi connectivity index (χ1) is 9.09. The second kappa shape index (κ2) is 6.20. The van der Waals surface area contributed by atoms with Gasteiger partial charge in [-0.3, -0.25) is 0 Å². The number of benzene rings is 1. The van der Waals surface area contributed by atoms with Crippen molar-refractivity contribution in [1.82, 2.24) is 14.9 Å². The van der Waals surface area contributed by atoms with E-state index in [1.807, 2.05) is 6.07 Å². The van der Waals surface area contributed by atoms with E-state index in [1.54, 1.807) is 0 Å². The van der Waals surface area contributed by atoms with Gasteiger partial charge in [0, 0.05) is 12.6 Å².